The summed E-state index contributed by atoms with van der Waals surface area (Å²) in [5, 5.41) is 0. The van der Waals surface area contributed by atoms with E-state index in [0.29, 0.717) is 0 Å². The zero-order valence-corrected chi connectivity index (χ0v) is 7.87. The molecule has 0 saturated carbocycles. The van der Waals surface area contributed by atoms with Crippen molar-refractivity contribution in [2.45, 2.75) is 11.6 Å². The second kappa shape index (κ2) is 2.81. The van der Waals surface area contributed by atoms with Gasteiger partial charge in [-0.25, -0.2) is 0 Å². The number of hydrogen-bond donors (Lipinski definition) is 0. The van der Waals surface area contributed by atoms with E-state index < -0.39 is 17.6 Å². The van der Waals surface area contributed by atoms with Crippen molar-refractivity contribution in [2.75, 3.05) is 0 Å². The third-order valence-corrected chi connectivity index (χ3v) is 6.12. The molecular formula is C2BrClF6Si. The lowest BCUT2D eigenvalue weighted by atomic mass is 11.5. The summed E-state index contributed by atoms with van der Waals surface area (Å²) in [4.78, 5) is 0. The predicted molar refractivity (Wildman–Crippen MR) is 32.6 cm³/mol. The van der Waals surface area contributed by atoms with Gasteiger partial charge in [-0.3, -0.25) is 0 Å². The summed E-state index contributed by atoms with van der Waals surface area (Å²) in [6.45, 7) is 0. The number of hydrogen-bond acceptors (Lipinski definition) is 0. The van der Waals surface area contributed by atoms with Gasteiger partial charge in [0.05, 0.1) is 0 Å². The Bertz CT molecular complexity index is 132. The summed E-state index contributed by atoms with van der Waals surface area (Å²) in [7, 11) is 0. The topological polar surface area (TPSA) is 0 Å². The highest BCUT2D eigenvalue weighted by Gasteiger charge is 2.73. The third kappa shape index (κ3) is 2.25. The maximum absolute atomic E-state index is 11.5. The van der Waals surface area contributed by atoms with Crippen molar-refractivity contribution >= 4 is 32.4 Å². The molecule has 0 aliphatic heterocycles. The van der Waals surface area contributed by atoms with Crippen LogP contribution < -0.4 is 0 Å². The van der Waals surface area contributed by atoms with E-state index in [9.17, 15) is 26.3 Å². The molecule has 0 fully saturated rings. The van der Waals surface area contributed by atoms with E-state index in [0.717, 1.165) is 0 Å². The fourth-order valence-electron chi connectivity index (χ4n) is 0.161. The van der Waals surface area contributed by atoms with E-state index >= 15 is 0 Å². The van der Waals surface area contributed by atoms with Gasteiger partial charge in [-0.2, -0.15) is 26.3 Å². The van der Waals surface area contributed by atoms with Gasteiger partial charge in [0.2, 0.25) is 0 Å². The molecule has 0 unspecified atom stereocenters. The second-order valence-electron chi connectivity index (χ2n) is 1.57. The molecule has 0 heterocycles. The van der Waals surface area contributed by atoms with Gasteiger partial charge in [-0.05, 0) is 0 Å². The van der Waals surface area contributed by atoms with Crippen LogP contribution in [0.5, 0.6) is 0 Å². The van der Waals surface area contributed by atoms with Crippen LogP contribution in [0.4, 0.5) is 26.3 Å². The molecule has 0 aliphatic rings. The largest absolute Gasteiger partial charge is 0.462 e. The van der Waals surface area contributed by atoms with Gasteiger partial charge in [-0.1, -0.05) is 15.3 Å². The summed E-state index contributed by atoms with van der Waals surface area (Å²) in [6.07, 6.45) is 0. The van der Waals surface area contributed by atoms with Gasteiger partial charge < -0.3 is 0 Å². The molecular weight excluding hydrogens is 281 g/mol. The van der Waals surface area contributed by atoms with Crippen LogP contribution in [0.25, 0.3) is 0 Å². The Kier molecular flexibility index (Phi) is 2.95. The Labute approximate surface area is 70.8 Å². The average molecular weight is 281 g/mol. The molecule has 0 radical (unpaired) electrons. The summed E-state index contributed by atoms with van der Waals surface area (Å²) >= 11 is 5.77. The Morgan fingerprint density at radius 2 is 1.09 bits per heavy atom. The smallest absolute Gasteiger partial charge is 0.173 e. The zero-order valence-electron chi connectivity index (χ0n) is 4.52. The molecule has 68 valence electrons. The van der Waals surface area contributed by atoms with Gasteiger partial charge in [0.1, 0.15) is 0 Å². The van der Waals surface area contributed by atoms with Crippen molar-refractivity contribution in [1.82, 2.24) is 0 Å². The third-order valence-electron chi connectivity index (χ3n) is 0.712. The highest BCUT2D eigenvalue weighted by molar-refractivity contribution is 9.27. The van der Waals surface area contributed by atoms with Crippen LogP contribution in [-0.4, -0.2) is 17.6 Å². The van der Waals surface area contributed by atoms with E-state index in [2.05, 4.69) is 11.1 Å². The van der Waals surface area contributed by atoms with Crippen molar-refractivity contribution in [3.8, 4) is 0 Å². The molecule has 0 aromatic carbocycles. The van der Waals surface area contributed by atoms with E-state index in [1.54, 1.807) is 0 Å². The van der Waals surface area contributed by atoms with E-state index in [-0.39, 0.29) is 0 Å². The van der Waals surface area contributed by atoms with Gasteiger partial charge in [0.15, 0.2) is 0 Å². The Morgan fingerprint density at radius 3 is 1.09 bits per heavy atom. The van der Waals surface area contributed by atoms with Crippen LogP contribution in [-0.2, 0) is 0 Å². The predicted octanol–water partition coefficient (Wildman–Crippen LogP) is 3.27. The van der Waals surface area contributed by atoms with Gasteiger partial charge >= 0.3 is 17.6 Å². The Hall–Kier alpha value is 0.567. The summed E-state index contributed by atoms with van der Waals surface area (Å²) in [5.41, 5.74) is 0. The van der Waals surface area contributed by atoms with Crippen LogP contribution in [0.1, 0.15) is 0 Å². The first kappa shape index (κ1) is 11.6. The van der Waals surface area contributed by atoms with Crippen LogP contribution in [0.15, 0.2) is 0 Å². The maximum atomic E-state index is 11.5. The quantitative estimate of drug-likeness (QED) is 0.363. The van der Waals surface area contributed by atoms with Crippen LogP contribution in [0.3, 0.4) is 0 Å². The molecule has 0 rings (SSSR count). The molecule has 0 aromatic rings. The van der Waals surface area contributed by atoms with Crippen molar-refractivity contribution in [2.24, 2.45) is 0 Å². The maximum Gasteiger partial charge on any atom is 0.462 e. The molecule has 0 bridgehead atoms. The molecule has 0 atom stereocenters. The normalized spacial score (nSPS) is 15.3. The molecule has 0 aromatic heterocycles. The van der Waals surface area contributed by atoms with Crippen molar-refractivity contribution < 1.29 is 26.3 Å². The molecule has 0 spiro atoms. The SMILES string of the molecule is FC(F)(F)[Si](Cl)(Br)C(F)(F)F. The Balaban J connectivity index is 4.75. The Morgan fingerprint density at radius 1 is 0.909 bits per heavy atom. The summed E-state index contributed by atoms with van der Waals surface area (Å²) in [5.74, 6) is -10.8. The molecule has 0 nitrogen and oxygen atoms in total. The zero-order chi connectivity index (χ0) is 9.50. The van der Waals surface area contributed by atoms with Crippen LogP contribution in [0.2, 0.25) is 0 Å². The molecule has 0 aliphatic carbocycles. The highest BCUT2D eigenvalue weighted by atomic mass is 79.9. The molecule has 0 amide bonds. The first-order valence-electron chi connectivity index (χ1n) is 2.01. The molecule has 0 saturated heterocycles. The number of rotatable bonds is 0. The molecule has 9 heteroatoms. The van der Waals surface area contributed by atoms with Crippen molar-refractivity contribution in [1.29, 1.82) is 0 Å². The van der Waals surface area contributed by atoms with Crippen molar-refractivity contribution in [3.05, 3.63) is 0 Å². The first-order chi connectivity index (χ1) is 4.50. The average Bonchev–Trinajstić information content (AvgIpc) is 1.58. The minimum absolute atomic E-state index is 1.48. The van der Waals surface area contributed by atoms with E-state index in [1.165, 1.54) is 15.3 Å². The lowest BCUT2D eigenvalue weighted by molar-refractivity contribution is -0.101. The molecule has 11 heavy (non-hydrogen) atoms. The minimum atomic E-state index is -5.82. The number of alkyl halides is 6. The summed E-state index contributed by atoms with van der Waals surface area (Å²) in [6, 6.07) is -5.82. The van der Waals surface area contributed by atoms with Crippen LogP contribution >= 0.6 is 26.4 Å². The lowest BCUT2D eigenvalue weighted by Gasteiger charge is -2.22. The van der Waals surface area contributed by atoms with E-state index in [1.807, 2.05) is 0 Å². The van der Waals surface area contributed by atoms with Gasteiger partial charge in [0, 0.05) is 0 Å². The first-order valence-corrected chi connectivity index (χ1v) is 7.28. The van der Waals surface area contributed by atoms with Gasteiger partial charge in [-0.15, -0.1) is 11.1 Å². The van der Waals surface area contributed by atoms with Gasteiger partial charge in [0.25, 0.3) is 0 Å². The highest BCUT2D eigenvalue weighted by Crippen LogP contribution is 2.47. The summed E-state index contributed by atoms with van der Waals surface area (Å²) < 4.78 is 69.0. The number of halogens is 8. The fourth-order valence-corrected chi connectivity index (χ4v) is 0.482. The standard InChI is InChI=1S/C2BrClF6Si/c3-11(4,1(5,6)7)2(8,9)10. The fraction of sp³-hybridized carbons (Fsp3) is 1.00. The monoisotopic (exact) mass is 280 g/mol. The lowest BCUT2D eigenvalue weighted by Crippen LogP contribution is -2.52. The minimum Gasteiger partial charge on any atom is -0.173 e. The second-order valence-corrected chi connectivity index (χ2v) is 10.5. The van der Waals surface area contributed by atoms with E-state index in [4.69, 9.17) is 0 Å². The van der Waals surface area contributed by atoms with Crippen LogP contribution in [0, 0.1) is 0 Å². The molecule has 0 N–H and O–H groups in total. The van der Waals surface area contributed by atoms with Crippen molar-refractivity contribution in [3.63, 3.8) is 0 Å².